The zero-order valence-electron chi connectivity index (χ0n) is 16.0. The van der Waals surface area contributed by atoms with Crippen LogP contribution in [0.2, 0.25) is 0 Å². The van der Waals surface area contributed by atoms with Crippen molar-refractivity contribution in [2.24, 2.45) is 0 Å². The molecule has 0 bridgehead atoms. The number of rotatable bonds is 10. The summed E-state index contributed by atoms with van der Waals surface area (Å²) in [6, 6.07) is 0. The second-order valence-electron chi connectivity index (χ2n) is 5.31. The van der Waals surface area contributed by atoms with Gasteiger partial charge in [0, 0.05) is 41.7 Å². The van der Waals surface area contributed by atoms with Gasteiger partial charge in [-0.1, -0.05) is 0 Å². The van der Waals surface area contributed by atoms with Crippen molar-refractivity contribution in [3.05, 3.63) is 0 Å². The SMILES string of the molecule is CO[C@@H]([C@@H](COC(C)=O)OC(C)=O)[C@@H](OC(C)=O)C(OC(C)=O)OC(C)=O. The fraction of sp³-hybridized carbons (Fsp3) is 0.688. The summed E-state index contributed by atoms with van der Waals surface area (Å²) in [6.07, 6.45) is -5.76. The zero-order chi connectivity index (χ0) is 21.1. The van der Waals surface area contributed by atoms with Crippen LogP contribution in [0.1, 0.15) is 34.6 Å². The highest BCUT2D eigenvalue weighted by Crippen LogP contribution is 2.20. The quantitative estimate of drug-likeness (QED) is 0.279. The molecule has 0 aliphatic heterocycles. The third-order valence-electron chi connectivity index (χ3n) is 2.87. The van der Waals surface area contributed by atoms with Gasteiger partial charge < -0.3 is 28.4 Å². The Hall–Kier alpha value is -2.69. The number of carbonyl (C=O) groups excluding carboxylic acids is 5. The summed E-state index contributed by atoms with van der Waals surface area (Å²) in [6.45, 7) is 4.95. The summed E-state index contributed by atoms with van der Waals surface area (Å²) >= 11 is 0. The van der Waals surface area contributed by atoms with Gasteiger partial charge in [-0.15, -0.1) is 0 Å². The Morgan fingerprint density at radius 1 is 0.630 bits per heavy atom. The second kappa shape index (κ2) is 11.8. The van der Waals surface area contributed by atoms with Gasteiger partial charge in [0.2, 0.25) is 6.10 Å². The third-order valence-corrected chi connectivity index (χ3v) is 2.87. The Kier molecular flexibility index (Phi) is 10.7. The molecule has 0 saturated heterocycles. The van der Waals surface area contributed by atoms with Crippen LogP contribution in [-0.4, -0.2) is 68.2 Å². The molecule has 0 saturated carbocycles. The maximum absolute atomic E-state index is 11.5. The van der Waals surface area contributed by atoms with Crippen molar-refractivity contribution in [2.75, 3.05) is 13.7 Å². The molecule has 0 unspecified atom stereocenters. The van der Waals surface area contributed by atoms with Crippen LogP contribution < -0.4 is 0 Å². The van der Waals surface area contributed by atoms with E-state index in [1.807, 2.05) is 0 Å². The number of carbonyl (C=O) groups is 5. The van der Waals surface area contributed by atoms with Crippen LogP contribution in [0.5, 0.6) is 0 Å². The number of hydrogen-bond donors (Lipinski definition) is 0. The first-order valence-electron chi connectivity index (χ1n) is 7.82. The second-order valence-corrected chi connectivity index (χ2v) is 5.31. The summed E-state index contributed by atoms with van der Waals surface area (Å²) in [5.41, 5.74) is 0. The van der Waals surface area contributed by atoms with Gasteiger partial charge in [-0.2, -0.15) is 0 Å². The Balaban J connectivity index is 5.87. The third kappa shape index (κ3) is 10.1. The van der Waals surface area contributed by atoms with Crippen molar-refractivity contribution in [2.45, 2.75) is 59.2 Å². The van der Waals surface area contributed by atoms with Gasteiger partial charge in [0.05, 0.1) is 0 Å². The summed E-state index contributed by atoms with van der Waals surface area (Å²) in [5.74, 6) is -3.90. The molecular weight excluding hydrogens is 368 g/mol. The standard InChI is InChI=1S/C16H24O11/c1-8(17)23-7-13(24-9(2)18)14(22-6)15(25-10(3)19)16(26-11(4)20)27-12(5)21/h13-16H,7H2,1-6H3/t13-,14+,15-/m1/s1. The molecule has 0 aromatic heterocycles. The average molecular weight is 392 g/mol. The van der Waals surface area contributed by atoms with Crippen LogP contribution in [0.15, 0.2) is 0 Å². The normalized spacial score (nSPS) is 13.7. The molecule has 0 aromatic carbocycles. The summed E-state index contributed by atoms with van der Waals surface area (Å²) in [4.78, 5) is 56.7. The van der Waals surface area contributed by atoms with Gasteiger partial charge in [0.1, 0.15) is 12.7 Å². The van der Waals surface area contributed by atoms with E-state index in [1.54, 1.807) is 0 Å². The Morgan fingerprint density at radius 2 is 1.07 bits per heavy atom. The largest absolute Gasteiger partial charge is 0.462 e. The fourth-order valence-corrected chi connectivity index (χ4v) is 2.06. The molecular formula is C16H24O11. The fourth-order valence-electron chi connectivity index (χ4n) is 2.06. The number of methoxy groups -OCH3 is 1. The highest BCUT2D eigenvalue weighted by Gasteiger charge is 2.43. The van der Waals surface area contributed by atoms with E-state index in [4.69, 9.17) is 28.4 Å². The van der Waals surface area contributed by atoms with E-state index in [2.05, 4.69) is 0 Å². The number of ether oxygens (including phenoxy) is 6. The monoisotopic (exact) mass is 392 g/mol. The first-order chi connectivity index (χ1) is 12.5. The lowest BCUT2D eigenvalue weighted by atomic mass is 10.1. The highest BCUT2D eigenvalue weighted by molar-refractivity contribution is 5.69. The molecule has 0 fully saturated rings. The van der Waals surface area contributed by atoms with Gasteiger partial charge in [-0.25, -0.2) is 0 Å². The predicted octanol–water partition coefficient (Wildman–Crippen LogP) is -0.120. The minimum Gasteiger partial charge on any atom is -0.462 e. The molecule has 0 aliphatic carbocycles. The van der Waals surface area contributed by atoms with Crippen molar-refractivity contribution in [1.82, 2.24) is 0 Å². The summed E-state index contributed by atoms with van der Waals surface area (Å²) in [5, 5.41) is 0. The molecule has 3 atom stereocenters. The molecule has 154 valence electrons. The Morgan fingerprint density at radius 3 is 1.41 bits per heavy atom. The van der Waals surface area contributed by atoms with Gasteiger partial charge >= 0.3 is 29.8 Å². The lowest BCUT2D eigenvalue weighted by molar-refractivity contribution is -0.236. The first kappa shape index (κ1) is 24.3. The topological polar surface area (TPSA) is 141 Å². The van der Waals surface area contributed by atoms with Crippen molar-refractivity contribution >= 4 is 29.8 Å². The predicted molar refractivity (Wildman–Crippen MR) is 85.9 cm³/mol. The van der Waals surface area contributed by atoms with Gasteiger partial charge in [-0.05, 0) is 0 Å². The highest BCUT2D eigenvalue weighted by atomic mass is 16.7. The van der Waals surface area contributed by atoms with Crippen LogP contribution >= 0.6 is 0 Å². The molecule has 0 spiro atoms. The van der Waals surface area contributed by atoms with Crippen molar-refractivity contribution in [3.63, 3.8) is 0 Å². The molecule has 0 amide bonds. The number of esters is 5. The molecule has 27 heavy (non-hydrogen) atoms. The van der Waals surface area contributed by atoms with E-state index in [9.17, 15) is 24.0 Å². The average Bonchev–Trinajstić information content (AvgIpc) is 2.49. The maximum atomic E-state index is 11.5. The van der Waals surface area contributed by atoms with E-state index in [0.717, 1.165) is 34.6 Å². The van der Waals surface area contributed by atoms with Crippen molar-refractivity contribution < 1.29 is 52.4 Å². The van der Waals surface area contributed by atoms with Gasteiger partial charge in [-0.3, -0.25) is 24.0 Å². The summed E-state index contributed by atoms with van der Waals surface area (Å²) in [7, 11) is 1.18. The smallest absolute Gasteiger partial charge is 0.305 e. The molecule has 0 aromatic rings. The molecule has 0 radical (unpaired) electrons. The van der Waals surface area contributed by atoms with Gasteiger partial charge in [0.15, 0.2) is 6.10 Å². The van der Waals surface area contributed by atoms with E-state index < -0.39 is 61.1 Å². The number of hydrogen-bond acceptors (Lipinski definition) is 11. The van der Waals surface area contributed by atoms with Crippen LogP contribution in [0.4, 0.5) is 0 Å². The first-order valence-corrected chi connectivity index (χ1v) is 7.82. The van der Waals surface area contributed by atoms with E-state index >= 15 is 0 Å². The molecule has 0 rings (SSSR count). The lowest BCUT2D eigenvalue weighted by Gasteiger charge is -2.34. The van der Waals surface area contributed by atoms with Crippen LogP contribution in [0, 0.1) is 0 Å². The zero-order valence-corrected chi connectivity index (χ0v) is 16.0. The lowest BCUT2D eigenvalue weighted by Crippen LogP contribution is -2.53. The van der Waals surface area contributed by atoms with Crippen LogP contribution in [0.3, 0.4) is 0 Å². The van der Waals surface area contributed by atoms with Crippen LogP contribution in [-0.2, 0) is 52.4 Å². The van der Waals surface area contributed by atoms with Gasteiger partial charge in [0.25, 0.3) is 6.29 Å². The molecule has 11 heteroatoms. The van der Waals surface area contributed by atoms with Crippen molar-refractivity contribution in [3.8, 4) is 0 Å². The molecule has 11 nitrogen and oxygen atoms in total. The van der Waals surface area contributed by atoms with E-state index in [1.165, 1.54) is 7.11 Å². The van der Waals surface area contributed by atoms with E-state index in [-0.39, 0.29) is 0 Å². The Labute approximate surface area is 156 Å². The molecule has 0 heterocycles. The van der Waals surface area contributed by atoms with Crippen molar-refractivity contribution in [1.29, 1.82) is 0 Å². The molecule has 0 N–H and O–H groups in total. The Bertz CT molecular complexity index is 541. The maximum Gasteiger partial charge on any atom is 0.305 e. The van der Waals surface area contributed by atoms with E-state index in [0.29, 0.717) is 0 Å². The molecule has 0 aliphatic rings. The summed E-state index contributed by atoms with van der Waals surface area (Å²) < 4.78 is 30.0. The van der Waals surface area contributed by atoms with Crippen LogP contribution in [0.25, 0.3) is 0 Å². The minimum atomic E-state index is -1.69. The minimum absolute atomic E-state index is 0.446.